The van der Waals surface area contributed by atoms with Gasteiger partial charge in [0.2, 0.25) is 0 Å². The number of aliphatic hydroxyl groups is 1. The van der Waals surface area contributed by atoms with E-state index < -0.39 is 11.4 Å². The number of para-hydroxylation sites is 1. The van der Waals surface area contributed by atoms with Crippen molar-refractivity contribution in [1.82, 2.24) is 5.32 Å². The maximum Gasteiger partial charge on any atom is 0.260 e. The topological polar surface area (TPSA) is 52.6 Å². The van der Waals surface area contributed by atoms with Crippen molar-refractivity contribution in [2.24, 2.45) is 0 Å². The van der Waals surface area contributed by atoms with Gasteiger partial charge in [-0.3, -0.25) is 4.79 Å². The Kier molecular flexibility index (Phi) is 4.85. The molecule has 1 amide bonds. The number of hydrogen-bond acceptors (Lipinski definition) is 3. The van der Waals surface area contributed by atoms with Crippen molar-refractivity contribution >= 4 is 23.2 Å². The summed E-state index contributed by atoms with van der Waals surface area (Å²) in [7, 11) is 0. The third kappa shape index (κ3) is 3.59. The number of anilines is 1. The number of carbonyl (C=O) groups is 1. The zero-order valence-corrected chi connectivity index (χ0v) is 13.8. The van der Waals surface area contributed by atoms with Gasteiger partial charge in [0.25, 0.3) is 5.91 Å². The molecule has 1 fully saturated rings. The summed E-state index contributed by atoms with van der Waals surface area (Å²) in [6, 6.07) is 13.5. The van der Waals surface area contributed by atoms with Gasteiger partial charge in [0, 0.05) is 36.8 Å². The molecule has 2 N–H and O–H groups in total. The Morgan fingerprint density at radius 1 is 1.25 bits per heavy atom. The third-order valence-electron chi connectivity index (χ3n) is 4.13. The molecule has 2 aromatic rings. The molecule has 2 aromatic carbocycles. The summed E-state index contributed by atoms with van der Waals surface area (Å²) in [5.41, 5.74) is -0.0169. The number of halogens is 2. The van der Waals surface area contributed by atoms with E-state index in [1.54, 1.807) is 11.0 Å². The molecule has 3 rings (SSSR count). The standard InChI is InChI=1S/C18H18ClFN2O2/c19-14-8-13(9-15(20)10-14)11-21-12-18(24)6-7-22(17(18)23)16-4-2-1-3-5-16/h1-5,8-10,21,24H,6-7,11-12H2/t18-/m0/s1. The summed E-state index contributed by atoms with van der Waals surface area (Å²) in [5.74, 6) is -0.733. The van der Waals surface area contributed by atoms with Crippen LogP contribution < -0.4 is 10.2 Å². The van der Waals surface area contributed by atoms with Crippen LogP contribution in [0.5, 0.6) is 0 Å². The van der Waals surface area contributed by atoms with Crippen LogP contribution >= 0.6 is 11.6 Å². The molecule has 0 bridgehead atoms. The molecule has 24 heavy (non-hydrogen) atoms. The number of nitrogens with one attached hydrogen (secondary N) is 1. The lowest BCUT2D eigenvalue weighted by atomic mass is 10.0. The van der Waals surface area contributed by atoms with Gasteiger partial charge in [0.15, 0.2) is 5.60 Å². The first-order chi connectivity index (χ1) is 11.5. The van der Waals surface area contributed by atoms with Gasteiger partial charge >= 0.3 is 0 Å². The molecule has 0 aliphatic carbocycles. The highest BCUT2D eigenvalue weighted by Crippen LogP contribution is 2.27. The molecule has 4 nitrogen and oxygen atoms in total. The van der Waals surface area contributed by atoms with Crippen molar-refractivity contribution < 1.29 is 14.3 Å². The van der Waals surface area contributed by atoms with Crippen molar-refractivity contribution in [3.8, 4) is 0 Å². The lowest BCUT2D eigenvalue weighted by Crippen LogP contribution is -2.47. The van der Waals surface area contributed by atoms with Crippen LogP contribution in [0.15, 0.2) is 48.5 Å². The maximum atomic E-state index is 13.3. The van der Waals surface area contributed by atoms with Crippen molar-refractivity contribution in [2.75, 3.05) is 18.0 Å². The third-order valence-corrected chi connectivity index (χ3v) is 4.35. The normalized spacial score (nSPS) is 20.6. The van der Waals surface area contributed by atoms with E-state index in [4.69, 9.17) is 11.6 Å². The minimum Gasteiger partial charge on any atom is -0.379 e. The van der Waals surface area contributed by atoms with Crippen LogP contribution in [-0.2, 0) is 11.3 Å². The fourth-order valence-corrected chi connectivity index (χ4v) is 3.15. The summed E-state index contributed by atoms with van der Waals surface area (Å²) in [6.07, 6.45) is 0.345. The summed E-state index contributed by atoms with van der Waals surface area (Å²) < 4.78 is 13.3. The van der Waals surface area contributed by atoms with Crippen molar-refractivity contribution in [3.05, 3.63) is 64.9 Å². The van der Waals surface area contributed by atoms with Gasteiger partial charge in [0.1, 0.15) is 5.82 Å². The summed E-state index contributed by atoms with van der Waals surface area (Å²) >= 11 is 5.82. The number of amides is 1. The average molecular weight is 349 g/mol. The van der Waals surface area contributed by atoms with Crippen LogP contribution in [0.25, 0.3) is 0 Å². The van der Waals surface area contributed by atoms with E-state index in [1.165, 1.54) is 12.1 Å². The molecule has 1 heterocycles. The number of carbonyl (C=O) groups excluding carboxylic acids is 1. The molecule has 0 aromatic heterocycles. The molecule has 0 saturated carbocycles. The second kappa shape index (κ2) is 6.89. The molecular weight excluding hydrogens is 331 g/mol. The highest BCUT2D eigenvalue weighted by molar-refractivity contribution is 6.30. The van der Waals surface area contributed by atoms with Crippen LogP contribution in [0.3, 0.4) is 0 Å². The predicted octanol–water partition coefficient (Wildman–Crippen LogP) is 2.74. The van der Waals surface area contributed by atoms with Crippen LogP contribution in [0.2, 0.25) is 5.02 Å². The monoisotopic (exact) mass is 348 g/mol. The van der Waals surface area contributed by atoms with E-state index in [-0.39, 0.29) is 12.5 Å². The van der Waals surface area contributed by atoms with Crippen LogP contribution in [0, 0.1) is 5.82 Å². The van der Waals surface area contributed by atoms with Crippen LogP contribution in [0.4, 0.5) is 10.1 Å². The van der Waals surface area contributed by atoms with Gasteiger partial charge in [-0.1, -0.05) is 29.8 Å². The molecule has 1 aliphatic heterocycles. The van der Waals surface area contributed by atoms with Gasteiger partial charge < -0.3 is 15.3 Å². The second-order valence-corrected chi connectivity index (χ2v) is 6.39. The SMILES string of the molecule is O=C1N(c2ccccc2)CC[C@]1(O)CNCc1cc(F)cc(Cl)c1. The molecule has 1 aliphatic rings. The van der Waals surface area contributed by atoms with Gasteiger partial charge in [0.05, 0.1) is 0 Å². The van der Waals surface area contributed by atoms with E-state index >= 15 is 0 Å². The number of nitrogens with zero attached hydrogens (tertiary/aromatic N) is 1. The molecule has 0 spiro atoms. The van der Waals surface area contributed by atoms with Gasteiger partial charge in [-0.05, 0) is 35.9 Å². The van der Waals surface area contributed by atoms with E-state index in [9.17, 15) is 14.3 Å². The molecule has 0 unspecified atom stereocenters. The quantitative estimate of drug-likeness (QED) is 0.873. The Hall–Kier alpha value is -1.95. The summed E-state index contributed by atoms with van der Waals surface area (Å²) in [5, 5.41) is 14.0. The van der Waals surface area contributed by atoms with Crippen molar-refractivity contribution in [3.63, 3.8) is 0 Å². The second-order valence-electron chi connectivity index (χ2n) is 5.96. The molecule has 126 valence electrons. The van der Waals surface area contributed by atoms with Gasteiger partial charge in [-0.2, -0.15) is 0 Å². The van der Waals surface area contributed by atoms with E-state index in [0.717, 1.165) is 5.69 Å². The predicted molar refractivity (Wildman–Crippen MR) is 91.5 cm³/mol. The number of rotatable bonds is 5. The lowest BCUT2D eigenvalue weighted by Gasteiger charge is -2.23. The molecule has 0 radical (unpaired) electrons. The van der Waals surface area contributed by atoms with E-state index in [2.05, 4.69) is 5.32 Å². The highest BCUT2D eigenvalue weighted by atomic mass is 35.5. The number of benzene rings is 2. The van der Waals surface area contributed by atoms with Crippen LogP contribution in [0.1, 0.15) is 12.0 Å². The fourth-order valence-electron chi connectivity index (χ4n) is 2.90. The Balaban J connectivity index is 1.62. The van der Waals surface area contributed by atoms with Gasteiger partial charge in [-0.15, -0.1) is 0 Å². The zero-order chi connectivity index (χ0) is 17.2. The highest BCUT2D eigenvalue weighted by Gasteiger charge is 2.45. The molecule has 6 heteroatoms. The Labute approximate surface area is 144 Å². The molecule has 1 saturated heterocycles. The average Bonchev–Trinajstić information content (AvgIpc) is 2.83. The minimum atomic E-state index is -1.45. The molecule has 1 atom stereocenters. The van der Waals surface area contributed by atoms with Crippen molar-refractivity contribution in [2.45, 2.75) is 18.6 Å². The summed E-state index contributed by atoms with van der Waals surface area (Å²) in [6.45, 7) is 0.883. The maximum absolute atomic E-state index is 13.3. The van der Waals surface area contributed by atoms with E-state index in [0.29, 0.717) is 30.1 Å². The Bertz CT molecular complexity index is 721. The largest absolute Gasteiger partial charge is 0.379 e. The minimum absolute atomic E-state index is 0.100. The lowest BCUT2D eigenvalue weighted by molar-refractivity contribution is -0.132. The zero-order valence-electron chi connectivity index (χ0n) is 13.0. The first kappa shape index (κ1) is 16.9. The number of hydrogen-bond donors (Lipinski definition) is 2. The van der Waals surface area contributed by atoms with Crippen molar-refractivity contribution in [1.29, 1.82) is 0 Å². The fraction of sp³-hybridized carbons (Fsp3) is 0.278. The first-order valence-electron chi connectivity index (χ1n) is 7.73. The first-order valence-corrected chi connectivity index (χ1v) is 8.11. The van der Waals surface area contributed by atoms with E-state index in [1.807, 2.05) is 30.3 Å². The van der Waals surface area contributed by atoms with Crippen LogP contribution in [-0.4, -0.2) is 29.7 Å². The molecular formula is C18H18ClFN2O2. The Morgan fingerprint density at radius 3 is 2.71 bits per heavy atom. The smallest absolute Gasteiger partial charge is 0.260 e. The van der Waals surface area contributed by atoms with Gasteiger partial charge in [-0.25, -0.2) is 4.39 Å². The Morgan fingerprint density at radius 2 is 2.00 bits per heavy atom. The summed E-state index contributed by atoms with van der Waals surface area (Å²) in [4.78, 5) is 14.1.